The predicted octanol–water partition coefficient (Wildman–Crippen LogP) is 5.64. The Balaban J connectivity index is 1.50. The number of aromatic amines is 1. The predicted molar refractivity (Wildman–Crippen MR) is 122 cm³/mol. The molecule has 2 heterocycles. The first-order chi connectivity index (χ1) is 15.4. The molecule has 5 nitrogen and oxygen atoms in total. The number of aryl methyl sites for hydroxylation is 1. The molecule has 1 aliphatic heterocycles. The molecule has 2 aromatic carbocycles. The van der Waals surface area contributed by atoms with Gasteiger partial charge in [0.2, 0.25) is 0 Å². The van der Waals surface area contributed by atoms with Gasteiger partial charge in [0.05, 0.1) is 12.7 Å². The average molecular weight is 437 g/mol. The molecule has 2 N–H and O–H groups in total. The summed E-state index contributed by atoms with van der Waals surface area (Å²) in [6.45, 7) is 3.67. The molecular weight excluding hydrogens is 407 g/mol. The average Bonchev–Trinajstić information content (AvgIpc) is 3.26. The highest BCUT2D eigenvalue weighted by Gasteiger charge is 2.49. The first-order valence-corrected chi connectivity index (χ1v) is 11.2. The molecule has 168 valence electrons. The van der Waals surface area contributed by atoms with Crippen LogP contribution in [0.5, 0.6) is 5.75 Å². The summed E-state index contributed by atoms with van der Waals surface area (Å²) in [6.07, 6.45) is 4.43. The number of rotatable bonds is 5. The van der Waals surface area contributed by atoms with Gasteiger partial charge in [0, 0.05) is 35.2 Å². The second-order valence-electron chi connectivity index (χ2n) is 9.51. The van der Waals surface area contributed by atoms with Gasteiger partial charge in [0.15, 0.2) is 0 Å². The number of hydrogen-bond donors (Lipinski definition) is 2. The molecule has 1 aliphatic carbocycles. The fourth-order valence-electron chi connectivity index (χ4n) is 5.78. The van der Waals surface area contributed by atoms with E-state index < -0.39 is 12.1 Å². The summed E-state index contributed by atoms with van der Waals surface area (Å²) in [7, 11) is 1.71. The van der Waals surface area contributed by atoms with Crippen molar-refractivity contribution < 1.29 is 19.0 Å². The van der Waals surface area contributed by atoms with Gasteiger partial charge in [-0.2, -0.15) is 0 Å². The van der Waals surface area contributed by atoms with Crippen molar-refractivity contribution in [1.29, 1.82) is 0 Å². The fraction of sp³-hybridized carbons (Fsp3) is 0.423. The highest BCUT2D eigenvalue weighted by molar-refractivity contribution is 5.88. The number of aromatic nitrogens is 1. The SMILES string of the molecule is COc1cc(C)c2[nH]ccc2c1CN1CC[C@]2(C[C@H]1c1ccc(C(=O)O)cc1)C[C@@H](F)C2. The molecule has 0 unspecified atom stereocenters. The van der Waals surface area contributed by atoms with Gasteiger partial charge >= 0.3 is 5.97 Å². The highest BCUT2D eigenvalue weighted by atomic mass is 19.1. The zero-order valence-electron chi connectivity index (χ0n) is 18.5. The van der Waals surface area contributed by atoms with Crippen molar-refractivity contribution in [3.05, 3.63) is 64.8 Å². The first-order valence-electron chi connectivity index (χ1n) is 11.2. The van der Waals surface area contributed by atoms with Crippen LogP contribution in [0.3, 0.4) is 0 Å². The van der Waals surface area contributed by atoms with Crippen LogP contribution in [0.2, 0.25) is 0 Å². The third-order valence-electron chi connectivity index (χ3n) is 7.54. The monoisotopic (exact) mass is 436 g/mol. The van der Waals surface area contributed by atoms with E-state index in [1.165, 1.54) is 0 Å². The Hall–Kier alpha value is -2.86. The van der Waals surface area contributed by atoms with Crippen molar-refractivity contribution in [2.45, 2.75) is 51.4 Å². The molecule has 0 bridgehead atoms. The van der Waals surface area contributed by atoms with Crippen LogP contribution in [0.25, 0.3) is 10.9 Å². The number of likely N-dealkylation sites (tertiary alicyclic amines) is 1. The number of methoxy groups -OCH3 is 1. The topological polar surface area (TPSA) is 65.6 Å². The van der Waals surface area contributed by atoms with E-state index in [-0.39, 0.29) is 17.0 Å². The van der Waals surface area contributed by atoms with Crippen molar-refractivity contribution in [3.63, 3.8) is 0 Å². The van der Waals surface area contributed by atoms with Crippen molar-refractivity contribution in [2.75, 3.05) is 13.7 Å². The number of fused-ring (bicyclic) bond motifs is 1. The van der Waals surface area contributed by atoms with Gasteiger partial charge in [-0.05, 0) is 80.0 Å². The summed E-state index contributed by atoms with van der Waals surface area (Å²) in [6, 6.07) is 11.5. The van der Waals surface area contributed by atoms with Gasteiger partial charge < -0.3 is 14.8 Å². The number of piperidine rings is 1. The van der Waals surface area contributed by atoms with Crippen LogP contribution < -0.4 is 4.74 Å². The van der Waals surface area contributed by atoms with Gasteiger partial charge in [-0.3, -0.25) is 4.90 Å². The van der Waals surface area contributed by atoms with Crippen LogP contribution in [-0.2, 0) is 6.54 Å². The van der Waals surface area contributed by atoms with Crippen LogP contribution in [0.1, 0.15) is 58.8 Å². The number of nitrogens with one attached hydrogen (secondary N) is 1. The Bertz CT molecular complexity index is 1150. The van der Waals surface area contributed by atoms with Gasteiger partial charge in [-0.15, -0.1) is 0 Å². The van der Waals surface area contributed by atoms with E-state index in [0.717, 1.165) is 59.3 Å². The number of benzene rings is 2. The summed E-state index contributed by atoms with van der Waals surface area (Å²) in [4.78, 5) is 17.1. The van der Waals surface area contributed by atoms with Gasteiger partial charge in [0.25, 0.3) is 0 Å². The number of H-pyrrole nitrogens is 1. The number of halogens is 1. The molecule has 3 aromatic rings. The van der Waals surface area contributed by atoms with E-state index in [1.54, 1.807) is 19.2 Å². The van der Waals surface area contributed by atoms with Crippen LogP contribution in [-0.4, -0.2) is 40.8 Å². The summed E-state index contributed by atoms with van der Waals surface area (Å²) < 4.78 is 19.6. The fourth-order valence-corrected chi connectivity index (χ4v) is 5.78. The molecule has 1 atom stereocenters. The van der Waals surface area contributed by atoms with Crippen LogP contribution in [0, 0.1) is 12.3 Å². The molecule has 2 fully saturated rings. The number of aromatic carboxylic acids is 1. The van der Waals surface area contributed by atoms with E-state index >= 15 is 0 Å². The van der Waals surface area contributed by atoms with Crippen LogP contribution in [0.15, 0.2) is 42.6 Å². The van der Waals surface area contributed by atoms with Gasteiger partial charge in [0.1, 0.15) is 11.9 Å². The molecule has 0 radical (unpaired) electrons. The maximum Gasteiger partial charge on any atom is 0.335 e. The minimum absolute atomic E-state index is 0.0623. The number of carboxylic acids is 1. The van der Waals surface area contributed by atoms with Crippen molar-refractivity contribution in [2.24, 2.45) is 5.41 Å². The number of hydrogen-bond acceptors (Lipinski definition) is 3. The Morgan fingerprint density at radius 1 is 1.25 bits per heavy atom. The molecular formula is C26H29FN2O3. The summed E-state index contributed by atoms with van der Waals surface area (Å²) >= 11 is 0. The summed E-state index contributed by atoms with van der Waals surface area (Å²) in [5, 5.41) is 10.4. The van der Waals surface area contributed by atoms with Crippen molar-refractivity contribution in [1.82, 2.24) is 9.88 Å². The number of alkyl halides is 1. The maximum atomic E-state index is 13.8. The quantitative estimate of drug-likeness (QED) is 0.543. The Labute approximate surface area is 187 Å². The third-order valence-corrected chi connectivity index (χ3v) is 7.54. The second kappa shape index (κ2) is 7.93. The van der Waals surface area contributed by atoms with Crippen molar-refractivity contribution in [3.8, 4) is 5.75 Å². The molecule has 1 spiro atoms. The Morgan fingerprint density at radius 2 is 2.00 bits per heavy atom. The zero-order chi connectivity index (χ0) is 22.5. The molecule has 32 heavy (non-hydrogen) atoms. The largest absolute Gasteiger partial charge is 0.496 e. The van der Waals surface area contributed by atoms with E-state index in [2.05, 4.69) is 28.9 Å². The van der Waals surface area contributed by atoms with E-state index in [9.17, 15) is 14.3 Å². The summed E-state index contributed by atoms with van der Waals surface area (Å²) in [5.41, 5.74) is 4.85. The molecule has 1 saturated heterocycles. The van der Waals surface area contributed by atoms with Crippen molar-refractivity contribution >= 4 is 16.9 Å². The van der Waals surface area contributed by atoms with E-state index in [0.29, 0.717) is 12.8 Å². The summed E-state index contributed by atoms with van der Waals surface area (Å²) in [5.74, 6) is -0.0469. The third kappa shape index (κ3) is 3.56. The van der Waals surface area contributed by atoms with Gasteiger partial charge in [-0.25, -0.2) is 9.18 Å². The van der Waals surface area contributed by atoms with E-state index in [4.69, 9.17) is 4.74 Å². The minimum atomic E-state index is -0.924. The zero-order valence-corrected chi connectivity index (χ0v) is 18.5. The highest BCUT2D eigenvalue weighted by Crippen LogP contribution is 2.55. The number of carboxylic acid groups (broad SMARTS) is 1. The molecule has 2 aliphatic rings. The minimum Gasteiger partial charge on any atom is -0.496 e. The maximum absolute atomic E-state index is 13.8. The lowest BCUT2D eigenvalue weighted by molar-refractivity contribution is -0.0560. The van der Waals surface area contributed by atoms with Crippen LogP contribution in [0.4, 0.5) is 4.39 Å². The lowest BCUT2D eigenvalue weighted by Gasteiger charge is -2.53. The normalized spacial score (nSPS) is 25.7. The Kier molecular flexibility index (Phi) is 5.20. The standard InChI is InChI=1S/C26H29FN2O3/c1-16-11-23(32-2)21(20-7-9-28-24(16)20)15-29-10-8-26(12-19(27)13-26)14-22(29)17-3-5-18(6-4-17)25(30)31/h3-7,9,11,19,22,28H,8,10,12-15H2,1-2H3,(H,30,31)/t19-,22-,26+/m0/s1. The lowest BCUT2D eigenvalue weighted by atomic mass is 9.60. The number of nitrogens with zero attached hydrogens (tertiary/aromatic N) is 1. The molecule has 0 amide bonds. The van der Waals surface area contributed by atoms with Crippen LogP contribution >= 0.6 is 0 Å². The second-order valence-corrected chi connectivity index (χ2v) is 9.51. The molecule has 6 heteroatoms. The first kappa shape index (κ1) is 21.0. The molecule has 1 aromatic heterocycles. The van der Waals surface area contributed by atoms with E-state index in [1.807, 2.05) is 18.3 Å². The number of carbonyl (C=O) groups is 1. The smallest absolute Gasteiger partial charge is 0.335 e. The Morgan fingerprint density at radius 3 is 2.66 bits per heavy atom. The number of ether oxygens (including phenoxy) is 1. The lowest BCUT2D eigenvalue weighted by Crippen LogP contribution is -2.49. The molecule has 1 saturated carbocycles. The van der Waals surface area contributed by atoms with Gasteiger partial charge in [-0.1, -0.05) is 12.1 Å². The molecule has 5 rings (SSSR count).